The standard InChI is InChI=1S/C13H27N/c1-5-10(4)12-8-11(9(2)3)6-7-13(12)14/h9-13H,5-8,14H2,1-4H3. The van der Waals surface area contributed by atoms with E-state index in [1.165, 1.54) is 25.7 Å². The molecule has 1 fully saturated rings. The van der Waals surface area contributed by atoms with Crippen LogP contribution >= 0.6 is 0 Å². The van der Waals surface area contributed by atoms with Gasteiger partial charge >= 0.3 is 0 Å². The molecule has 1 nitrogen and oxygen atoms in total. The van der Waals surface area contributed by atoms with Gasteiger partial charge in [0.1, 0.15) is 0 Å². The Labute approximate surface area is 89.5 Å². The third-order valence-electron chi connectivity index (χ3n) is 4.31. The van der Waals surface area contributed by atoms with Gasteiger partial charge in [-0.3, -0.25) is 0 Å². The highest BCUT2D eigenvalue weighted by atomic mass is 14.7. The molecule has 1 rings (SSSR count). The predicted octanol–water partition coefficient (Wildman–Crippen LogP) is 3.43. The van der Waals surface area contributed by atoms with Gasteiger partial charge in [-0.25, -0.2) is 0 Å². The number of hydrogen-bond donors (Lipinski definition) is 1. The molecule has 4 unspecified atom stereocenters. The number of rotatable bonds is 3. The quantitative estimate of drug-likeness (QED) is 0.737. The van der Waals surface area contributed by atoms with Crippen LogP contribution in [-0.2, 0) is 0 Å². The van der Waals surface area contributed by atoms with E-state index in [2.05, 4.69) is 27.7 Å². The minimum absolute atomic E-state index is 0.472. The lowest BCUT2D eigenvalue weighted by Crippen LogP contribution is -2.40. The summed E-state index contributed by atoms with van der Waals surface area (Å²) in [6.07, 6.45) is 5.25. The van der Waals surface area contributed by atoms with Crippen molar-refractivity contribution in [1.82, 2.24) is 0 Å². The molecule has 0 radical (unpaired) electrons. The molecule has 4 atom stereocenters. The van der Waals surface area contributed by atoms with E-state index in [0.717, 1.165) is 23.7 Å². The average Bonchev–Trinajstić information content (AvgIpc) is 2.17. The molecule has 0 aromatic heterocycles. The molecule has 84 valence electrons. The minimum Gasteiger partial charge on any atom is -0.327 e. The largest absolute Gasteiger partial charge is 0.327 e. The van der Waals surface area contributed by atoms with Crippen molar-refractivity contribution in [2.24, 2.45) is 29.4 Å². The van der Waals surface area contributed by atoms with Gasteiger partial charge in [0.2, 0.25) is 0 Å². The normalized spacial score (nSPS) is 36.0. The van der Waals surface area contributed by atoms with E-state index in [0.29, 0.717) is 6.04 Å². The maximum absolute atomic E-state index is 6.22. The van der Waals surface area contributed by atoms with Crippen LogP contribution in [0.1, 0.15) is 53.4 Å². The molecule has 0 aliphatic heterocycles. The minimum atomic E-state index is 0.472. The maximum Gasteiger partial charge on any atom is 0.00699 e. The molecule has 0 aromatic rings. The summed E-state index contributed by atoms with van der Waals surface area (Å²) < 4.78 is 0. The highest BCUT2D eigenvalue weighted by molar-refractivity contribution is 4.85. The second-order valence-electron chi connectivity index (χ2n) is 5.53. The molecular formula is C13H27N. The van der Waals surface area contributed by atoms with Crippen molar-refractivity contribution >= 4 is 0 Å². The lowest BCUT2D eigenvalue weighted by atomic mass is 9.69. The summed E-state index contributed by atoms with van der Waals surface area (Å²) in [6.45, 7) is 9.37. The van der Waals surface area contributed by atoms with Crippen LogP contribution in [0.15, 0.2) is 0 Å². The highest BCUT2D eigenvalue weighted by Gasteiger charge is 2.32. The monoisotopic (exact) mass is 197 g/mol. The summed E-state index contributed by atoms with van der Waals surface area (Å²) in [5, 5.41) is 0. The Morgan fingerprint density at radius 1 is 1.21 bits per heavy atom. The molecule has 0 spiro atoms. The molecule has 0 bridgehead atoms. The van der Waals surface area contributed by atoms with Gasteiger partial charge in [-0.05, 0) is 42.9 Å². The molecule has 0 saturated heterocycles. The van der Waals surface area contributed by atoms with Gasteiger partial charge in [0.15, 0.2) is 0 Å². The van der Waals surface area contributed by atoms with Crippen molar-refractivity contribution in [3.63, 3.8) is 0 Å². The fourth-order valence-electron chi connectivity index (χ4n) is 2.83. The van der Waals surface area contributed by atoms with Crippen LogP contribution in [0.2, 0.25) is 0 Å². The molecule has 0 aromatic carbocycles. The van der Waals surface area contributed by atoms with Crippen LogP contribution in [0.5, 0.6) is 0 Å². The van der Waals surface area contributed by atoms with Gasteiger partial charge in [-0.1, -0.05) is 34.1 Å². The molecule has 0 amide bonds. The van der Waals surface area contributed by atoms with Gasteiger partial charge in [0.05, 0.1) is 0 Å². The van der Waals surface area contributed by atoms with E-state index in [9.17, 15) is 0 Å². The zero-order chi connectivity index (χ0) is 10.7. The lowest BCUT2D eigenvalue weighted by molar-refractivity contribution is 0.144. The van der Waals surface area contributed by atoms with E-state index in [1.54, 1.807) is 0 Å². The Morgan fingerprint density at radius 2 is 1.86 bits per heavy atom. The summed E-state index contributed by atoms with van der Waals surface area (Å²) in [7, 11) is 0. The fraction of sp³-hybridized carbons (Fsp3) is 1.00. The summed E-state index contributed by atoms with van der Waals surface area (Å²) in [5.41, 5.74) is 6.22. The van der Waals surface area contributed by atoms with Crippen LogP contribution in [0.4, 0.5) is 0 Å². The molecule has 1 aliphatic carbocycles. The van der Waals surface area contributed by atoms with E-state index in [-0.39, 0.29) is 0 Å². The SMILES string of the molecule is CCC(C)C1CC(C(C)C)CCC1N. The van der Waals surface area contributed by atoms with Gasteiger partial charge in [-0.15, -0.1) is 0 Å². The molecule has 1 saturated carbocycles. The smallest absolute Gasteiger partial charge is 0.00699 e. The van der Waals surface area contributed by atoms with Crippen LogP contribution in [0.3, 0.4) is 0 Å². The number of nitrogens with two attached hydrogens (primary N) is 1. The molecule has 0 heterocycles. The second-order valence-corrected chi connectivity index (χ2v) is 5.53. The second kappa shape index (κ2) is 5.16. The first-order valence-corrected chi connectivity index (χ1v) is 6.31. The highest BCUT2D eigenvalue weighted by Crippen LogP contribution is 2.37. The van der Waals surface area contributed by atoms with Crippen molar-refractivity contribution in [1.29, 1.82) is 0 Å². The topological polar surface area (TPSA) is 26.0 Å². The summed E-state index contributed by atoms with van der Waals surface area (Å²) >= 11 is 0. The van der Waals surface area contributed by atoms with E-state index in [1.807, 2.05) is 0 Å². The Hall–Kier alpha value is -0.0400. The van der Waals surface area contributed by atoms with Gasteiger partial charge in [0, 0.05) is 6.04 Å². The average molecular weight is 197 g/mol. The van der Waals surface area contributed by atoms with Gasteiger partial charge in [0.25, 0.3) is 0 Å². The first-order chi connectivity index (χ1) is 6.56. The zero-order valence-electron chi connectivity index (χ0n) is 10.3. The van der Waals surface area contributed by atoms with E-state index >= 15 is 0 Å². The Bertz CT molecular complexity index is 161. The summed E-state index contributed by atoms with van der Waals surface area (Å²) in [6, 6.07) is 0.472. The number of hydrogen-bond acceptors (Lipinski definition) is 1. The van der Waals surface area contributed by atoms with Crippen molar-refractivity contribution in [3.05, 3.63) is 0 Å². The zero-order valence-corrected chi connectivity index (χ0v) is 10.3. The van der Waals surface area contributed by atoms with Gasteiger partial charge < -0.3 is 5.73 Å². The third-order valence-corrected chi connectivity index (χ3v) is 4.31. The predicted molar refractivity (Wildman–Crippen MR) is 63.1 cm³/mol. The van der Waals surface area contributed by atoms with Crippen molar-refractivity contribution in [2.75, 3.05) is 0 Å². The summed E-state index contributed by atoms with van der Waals surface area (Å²) in [4.78, 5) is 0. The Morgan fingerprint density at radius 3 is 2.36 bits per heavy atom. The van der Waals surface area contributed by atoms with Crippen LogP contribution in [0.25, 0.3) is 0 Å². The summed E-state index contributed by atoms with van der Waals surface area (Å²) in [5.74, 6) is 3.36. The van der Waals surface area contributed by atoms with Crippen LogP contribution < -0.4 is 5.73 Å². The Balaban J connectivity index is 2.55. The first-order valence-electron chi connectivity index (χ1n) is 6.31. The molecule has 1 aliphatic rings. The third kappa shape index (κ3) is 2.73. The first kappa shape index (κ1) is 12.0. The van der Waals surface area contributed by atoms with E-state index < -0.39 is 0 Å². The molecule has 1 heteroatoms. The van der Waals surface area contributed by atoms with Crippen LogP contribution in [0, 0.1) is 23.7 Å². The molecular weight excluding hydrogens is 170 g/mol. The maximum atomic E-state index is 6.22. The van der Waals surface area contributed by atoms with Crippen LogP contribution in [-0.4, -0.2) is 6.04 Å². The van der Waals surface area contributed by atoms with Crippen molar-refractivity contribution < 1.29 is 0 Å². The fourth-order valence-corrected chi connectivity index (χ4v) is 2.83. The molecule has 14 heavy (non-hydrogen) atoms. The van der Waals surface area contributed by atoms with Crippen molar-refractivity contribution in [3.8, 4) is 0 Å². The van der Waals surface area contributed by atoms with Gasteiger partial charge in [-0.2, -0.15) is 0 Å². The van der Waals surface area contributed by atoms with E-state index in [4.69, 9.17) is 5.73 Å². The lowest BCUT2D eigenvalue weighted by Gasteiger charge is -2.39. The Kier molecular flexibility index (Phi) is 4.43. The molecule has 2 N–H and O–H groups in total. The van der Waals surface area contributed by atoms with Crippen molar-refractivity contribution in [2.45, 2.75) is 59.4 Å².